The van der Waals surface area contributed by atoms with Gasteiger partial charge in [0.2, 0.25) is 11.8 Å². The first-order valence-corrected chi connectivity index (χ1v) is 9.95. The molecule has 1 saturated heterocycles. The van der Waals surface area contributed by atoms with Crippen molar-refractivity contribution < 1.29 is 19.1 Å². The van der Waals surface area contributed by atoms with Gasteiger partial charge in [0, 0.05) is 25.6 Å². The van der Waals surface area contributed by atoms with Gasteiger partial charge in [-0.15, -0.1) is 0 Å². The van der Waals surface area contributed by atoms with Crippen molar-refractivity contribution in [2.24, 2.45) is 11.8 Å². The molecule has 152 valence electrons. The highest BCUT2D eigenvalue weighted by Gasteiger charge is 2.43. The van der Waals surface area contributed by atoms with Gasteiger partial charge in [0.25, 0.3) is 0 Å². The summed E-state index contributed by atoms with van der Waals surface area (Å²) >= 11 is 5.35. The SMILES string of the molecule is COCCN1C(=O)C2CCC(C(=O)NCc3ccc(OC)cc3)CC2NC1=S. The summed E-state index contributed by atoms with van der Waals surface area (Å²) in [5, 5.41) is 6.71. The molecule has 0 radical (unpaired) electrons. The normalized spacial score (nSPS) is 24.4. The molecule has 28 heavy (non-hydrogen) atoms. The number of thiocarbonyl (C=S) groups is 1. The number of carbonyl (C=O) groups is 2. The smallest absolute Gasteiger partial charge is 0.233 e. The molecule has 2 aliphatic rings. The van der Waals surface area contributed by atoms with Crippen LogP contribution >= 0.6 is 12.2 Å². The van der Waals surface area contributed by atoms with Crippen LogP contribution in [0.15, 0.2) is 24.3 Å². The number of ether oxygens (including phenoxy) is 2. The van der Waals surface area contributed by atoms with E-state index >= 15 is 0 Å². The number of hydrogen-bond acceptors (Lipinski definition) is 5. The van der Waals surface area contributed by atoms with Crippen LogP contribution in [0.1, 0.15) is 24.8 Å². The average molecular weight is 406 g/mol. The Kier molecular flexibility index (Phi) is 6.85. The average Bonchev–Trinajstić information content (AvgIpc) is 2.71. The molecule has 0 spiro atoms. The van der Waals surface area contributed by atoms with Crippen LogP contribution in [0, 0.1) is 11.8 Å². The minimum Gasteiger partial charge on any atom is -0.497 e. The van der Waals surface area contributed by atoms with Crippen LogP contribution in [0.2, 0.25) is 0 Å². The second-order valence-electron chi connectivity index (χ2n) is 7.22. The van der Waals surface area contributed by atoms with Gasteiger partial charge in [-0.1, -0.05) is 12.1 Å². The van der Waals surface area contributed by atoms with Gasteiger partial charge in [0.05, 0.1) is 26.2 Å². The summed E-state index contributed by atoms with van der Waals surface area (Å²) in [7, 11) is 3.23. The summed E-state index contributed by atoms with van der Waals surface area (Å²) in [5.74, 6) is 0.610. The maximum Gasteiger partial charge on any atom is 0.233 e. The molecular weight excluding hydrogens is 378 g/mol. The van der Waals surface area contributed by atoms with Crippen molar-refractivity contribution in [3.63, 3.8) is 0 Å². The molecule has 3 unspecified atom stereocenters. The van der Waals surface area contributed by atoms with E-state index in [0.717, 1.165) is 11.3 Å². The summed E-state index contributed by atoms with van der Waals surface area (Å²) < 4.78 is 10.2. The van der Waals surface area contributed by atoms with E-state index in [4.69, 9.17) is 21.7 Å². The highest BCUT2D eigenvalue weighted by atomic mass is 32.1. The van der Waals surface area contributed by atoms with Gasteiger partial charge in [-0.3, -0.25) is 14.5 Å². The Hall–Kier alpha value is -2.19. The lowest BCUT2D eigenvalue weighted by Crippen LogP contribution is -2.62. The van der Waals surface area contributed by atoms with Crippen molar-refractivity contribution >= 4 is 29.1 Å². The maximum absolute atomic E-state index is 12.7. The molecule has 3 rings (SSSR count). The lowest BCUT2D eigenvalue weighted by Gasteiger charge is -2.43. The zero-order chi connectivity index (χ0) is 20.1. The fourth-order valence-electron chi connectivity index (χ4n) is 3.87. The topological polar surface area (TPSA) is 79.9 Å². The molecule has 2 N–H and O–H groups in total. The van der Waals surface area contributed by atoms with Crippen molar-refractivity contribution in [3.05, 3.63) is 29.8 Å². The van der Waals surface area contributed by atoms with Crippen LogP contribution in [0.3, 0.4) is 0 Å². The third-order valence-corrected chi connectivity index (χ3v) is 5.84. The number of fused-ring (bicyclic) bond motifs is 1. The molecule has 0 aromatic heterocycles. The number of nitrogens with one attached hydrogen (secondary N) is 2. The first-order chi connectivity index (χ1) is 13.5. The highest BCUT2D eigenvalue weighted by molar-refractivity contribution is 7.80. The van der Waals surface area contributed by atoms with Crippen molar-refractivity contribution in [2.75, 3.05) is 27.4 Å². The molecule has 0 bridgehead atoms. The third-order valence-electron chi connectivity index (χ3n) is 5.50. The molecule has 2 fully saturated rings. The van der Waals surface area contributed by atoms with E-state index in [2.05, 4.69) is 10.6 Å². The van der Waals surface area contributed by atoms with Crippen molar-refractivity contribution in [1.82, 2.24) is 15.5 Å². The van der Waals surface area contributed by atoms with Gasteiger partial charge in [0.15, 0.2) is 5.11 Å². The minimum absolute atomic E-state index is 0.0243. The van der Waals surface area contributed by atoms with E-state index in [1.165, 1.54) is 0 Å². The monoisotopic (exact) mass is 405 g/mol. The Bertz CT molecular complexity index is 725. The van der Waals surface area contributed by atoms with Crippen LogP contribution in [0.25, 0.3) is 0 Å². The number of rotatable bonds is 7. The van der Waals surface area contributed by atoms with Gasteiger partial charge >= 0.3 is 0 Å². The second-order valence-corrected chi connectivity index (χ2v) is 7.61. The van der Waals surface area contributed by atoms with Crippen LogP contribution in [-0.2, 0) is 20.9 Å². The highest BCUT2D eigenvalue weighted by Crippen LogP contribution is 2.33. The summed E-state index contributed by atoms with van der Waals surface area (Å²) in [6.07, 6.45) is 2.00. The van der Waals surface area contributed by atoms with E-state index < -0.39 is 0 Å². The van der Waals surface area contributed by atoms with E-state index in [-0.39, 0.29) is 29.7 Å². The zero-order valence-electron chi connectivity index (χ0n) is 16.3. The number of methoxy groups -OCH3 is 2. The van der Waals surface area contributed by atoms with E-state index in [1.54, 1.807) is 19.1 Å². The number of benzene rings is 1. The van der Waals surface area contributed by atoms with Gasteiger partial charge in [-0.2, -0.15) is 0 Å². The molecule has 8 heteroatoms. The summed E-state index contributed by atoms with van der Waals surface area (Å²) in [6.45, 7) is 1.38. The van der Waals surface area contributed by atoms with Gasteiger partial charge in [-0.05, 0) is 49.2 Å². The predicted molar refractivity (Wildman–Crippen MR) is 109 cm³/mol. The number of carbonyl (C=O) groups excluding carboxylic acids is 2. The maximum atomic E-state index is 12.7. The quantitative estimate of drug-likeness (QED) is 0.669. The lowest BCUT2D eigenvalue weighted by molar-refractivity contribution is -0.138. The summed E-state index contributed by atoms with van der Waals surface area (Å²) in [5.41, 5.74) is 1.02. The summed E-state index contributed by atoms with van der Waals surface area (Å²) in [6, 6.07) is 7.54. The molecule has 3 atom stereocenters. The van der Waals surface area contributed by atoms with E-state index in [9.17, 15) is 9.59 Å². The fourth-order valence-corrected chi connectivity index (χ4v) is 4.20. The molecule has 7 nitrogen and oxygen atoms in total. The molecule has 1 aromatic rings. The van der Waals surface area contributed by atoms with E-state index in [1.807, 2.05) is 24.3 Å². The standard InChI is InChI=1S/C20H27N3O4S/c1-26-10-9-23-19(25)16-8-5-14(11-17(16)22-20(23)28)18(24)21-12-13-3-6-15(27-2)7-4-13/h3-4,6-7,14,16-17H,5,8-12H2,1-2H3,(H,21,24)(H,22,28). The molecule has 1 aliphatic carbocycles. The molecule has 1 saturated carbocycles. The molecule has 1 heterocycles. The third kappa shape index (κ3) is 4.62. The number of nitrogens with zero attached hydrogens (tertiary/aromatic N) is 1. The Labute approximate surface area is 170 Å². The van der Waals surface area contributed by atoms with E-state index in [0.29, 0.717) is 44.1 Å². The van der Waals surface area contributed by atoms with Crippen LogP contribution in [0.5, 0.6) is 5.75 Å². The fraction of sp³-hybridized carbons (Fsp3) is 0.550. The lowest BCUT2D eigenvalue weighted by atomic mass is 9.76. The number of hydrogen-bond donors (Lipinski definition) is 2. The van der Waals surface area contributed by atoms with Gasteiger partial charge in [-0.25, -0.2) is 0 Å². The molecule has 2 amide bonds. The van der Waals surface area contributed by atoms with Crippen molar-refractivity contribution in [1.29, 1.82) is 0 Å². The second kappa shape index (κ2) is 9.34. The Morgan fingerprint density at radius 2 is 2.04 bits per heavy atom. The predicted octanol–water partition coefficient (Wildman–Crippen LogP) is 1.46. The molecule has 1 aromatic carbocycles. The first-order valence-electron chi connectivity index (χ1n) is 9.55. The van der Waals surface area contributed by atoms with Gasteiger partial charge < -0.3 is 20.1 Å². The Morgan fingerprint density at radius 1 is 1.29 bits per heavy atom. The largest absolute Gasteiger partial charge is 0.497 e. The molecular formula is C20H27N3O4S. The summed E-state index contributed by atoms with van der Waals surface area (Å²) in [4.78, 5) is 27.0. The Balaban J connectivity index is 1.53. The van der Waals surface area contributed by atoms with Crippen molar-refractivity contribution in [3.8, 4) is 5.75 Å². The van der Waals surface area contributed by atoms with Crippen LogP contribution < -0.4 is 15.4 Å². The van der Waals surface area contributed by atoms with Crippen LogP contribution in [-0.4, -0.2) is 55.2 Å². The first kappa shape index (κ1) is 20.5. The van der Waals surface area contributed by atoms with Crippen molar-refractivity contribution in [2.45, 2.75) is 31.8 Å². The van der Waals surface area contributed by atoms with Gasteiger partial charge in [0.1, 0.15) is 5.75 Å². The zero-order valence-corrected chi connectivity index (χ0v) is 17.1. The molecule has 1 aliphatic heterocycles. The number of amides is 2. The Morgan fingerprint density at radius 3 is 2.71 bits per heavy atom. The van der Waals surface area contributed by atoms with Crippen LogP contribution in [0.4, 0.5) is 0 Å². The minimum atomic E-state index is -0.130.